The molecule has 1 N–H and O–H groups in total. The van der Waals surface area contributed by atoms with E-state index in [2.05, 4.69) is 0 Å². The summed E-state index contributed by atoms with van der Waals surface area (Å²) in [6, 6.07) is 7.41. The predicted molar refractivity (Wildman–Crippen MR) is 78.3 cm³/mol. The van der Waals surface area contributed by atoms with Crippen LogP contribution < -0.4 is 4.74 Å². The average Bonchev–Trinajstić information content (AvgIpc) is 2.53. The first-order chi connectivity index (χ1) is 10.0. The molecule has 1 amide bonds. The van der Waals surface area contributed by atoms with Gasteiger partial charge in [0.25, 0.3) is 0 Å². The number of likely N-dealkylation sites (tertiary alicyclic amines) is 1. The van der Waals surface area contributed by atoms with Crippen LogP contribution in [0, 0.1) is 5.92 Å². The van der Waals surface area contributed by atoms with Crippen molar-refractivity contribution >= 4 is 11.9 Å². The summed E-state index contributed by atoms with van der Waals surface area (Å²) in [6.45, 7) is 2.81. The first-order valence-electron chi connectivity index (χ1n) is 7.18. The average molecular weight is 291 g/mol. The topological polar surface area (TPSA) is 66.8 Å². The molecule has 5 heteroatoms. The van der Waals surface area contributed by atoms with Crippen molar-refractivity contribution in [3.05, 3.63) is 29.8 Å². The van der Waals surface area contributed by atoms with Gasteiger partial charge in [0.2, 0.25) is 5.91 Å². The number of carboxylic acid groups (broad SMARTS) is 1. The maximum atomic E-state index is 12.5. The van der Waals surface area contributed by atoms with Crippen molar-refractivity contribution in [3.8, 4) is 5.75 Å². The van der Waals surface area contributed by atoms with Gasteiger partial charge in [-0.2, -0.15) is 0 Å². The maximum absolute atomic E-state index is 12.5. The van der Waals surface area contributed by atoms with E-state index in [0.29, 0.717) is 19.5 Å². The Morgan fingerprint density at radius 3 is 2.57 bits per heavy atom. The number of benzene rings is 1. The normalized spacial score (nSPS) is 19.9. The molecule has 0 bridgehead atoms. The lowest BCUT2D eigenvalue weighted by molar-refractivity contribution is -0.146. The summed E-state index contributed by atoms with van der Waals surface area (Å²) in [7, 11) is 1.60. The molecule has 0 aromatic heterocycles. The minimum Gasteiger partial charge on any atom is -0.497 e. The molecule has 1 aliphatic rings. The van der Waals surface area contributed by atoms with E-state index in [4.69, 9.17) is 9.84 Å². The number of hydrogen-bond donors (Lipinski definition) is 1. The van der Waals surface area contributed by atoms with E-state index in [0.717, 1.165) is 17.7 Å². The van der Waals surface area contributed by atoms with Crippen LogP contribution in [0.2, 0.25) is 0 Å². The highest BCUT2D eigenvalue weighted by atomic mass is 16.5. The van der Waals surface area contributed by atoms with Gasteiger partial charge < -0.3 is 14.7 Å². The Labute approximate surface area is 124 Å². The van der Waals surface area contributed by atoms with Gasteiger partial charge in [-0.25, -0.2) is 0 Å². The SMILES string of the molecule is COc1ccc([C@@H](C)C(=O)N2CCC[C@@H](C(=O)O)C2)cc1. The first kappa shape index (κ1) is 15.4. The van der Waals surface area contributed by atoms with Crippen LogP contribution in [0.15, 0.2) is 24.3 Å². The molecule has 21 heavy (non-hydrogen) atoms. The summed E-state index contributed by atoms with van der Waals surface area (Å²) in [4.78, 5) is 25.3. The van der Waals surface area contributed by atoms with E-state index in [1.54, 1.807) is 12.0 Å². The molecule has 5 nitrogen and oxygen atoms in total. The van der Waals surface area contributed by atoms with E-state index in [9.17, 15) is 9.59 Å². The summed E-state index contributed by atoms with van der Waals surface area (Å²) in [5, 5.41) is 9.10. The third-order valence-corrected chi connectivity index (χ3v) is 4.07. The number of carbonyl (C=O) groups is 2. The number of carboxylic acids is 1. The van der Waals surface area contributed by atoms with Crippen LogP contribution in [0.3, 0.4) is 0 Å². The van der Waals surface area contributed by atoms with Crippen molar-refractivity contribution in [1.82, 2.24) is 4.90 Å². The standard InChI is InChI=1S/C16H21NO4/c1-11(12-5-7-14(21-2)8-6-12)15(18)17-9-3-4-13(10-17)16(19)20/h5-8,11,13H,3-4,9-10H2,1-2H3,(H,19,20)/t11-,13-/m1/s1. The van der Waals surface area contributed by atoms with Crippen LogP contribution in [0.4, 0.5) is 0 Å². The lowest BCUT2D eigenvalue weighted by Crippen LogP contribution is -2.43. The zero-order chi connectivity index (χ0) is 15.4. The smallest absolute Gasteiger partial charge is 0.308 e. The molecule has 114 valence electrons. The number of aliphatic carboxylic acids is 1. The highest BCUT2D eigenvalue weighted by molar-refractivity contribution is 5.84. The van der Waals surface area contributed by atoms with Gasteiger partial charge in [-0.3, -0.25) is 9.59 Å². The number of methoxy groups -OCH3 is 1. The van der Waals surface area contributed by atoms with Crippen LogP contribution in [0.1, 0.15) is 31.2 Å². The number of hydrogen-bond acceptors (Lipinski definition) is 3. The van der Waals surface area contributed by atoms with Crippen molar-refractivity contribution in [2.75, 3.05) is 20.2 Å². The quantitative estimate of drug-likeness (QED) is 0.922. The number of rotatable bonds is 4. The summed E-state index contributed by atoms with van der Waals surface area (Å²) < 4.78 is 5.11. The Balaban J connectivity index is 2.05. The van der Waals surface area contributed by atoms with Gasteiger partial charge >= 0.3 is 5.97 Å². The third kappa shape index (κ3) is 3.54. The second-order valence-electron chi connectivity index (χ2n) is 5.46. The third-order valence-electron chi connectivity index (χ3n) is 4.07. The van der Waals surface area contributed by atoms with Gasteiger partial charge in [0.1, 0.15) is 5.75 Å². The molecule has 0 unspecified atom stereocenters. The molecule has 1 saturated heterocycles. The van der Waals surface area contributed by atoms with Crippen molar-refractivity contribution in [1.29, 1.82) is 0 Å². The molecule has 0 spiro atoms. The summed E-state index contributed by atoms with van der Waals surface area (Å²) in [5.41, 5.74) is 0.915. The Hall–Kier alpha value is -2.04. The number of nitrogens with zero attached hydrogens (tertiary/aromatic N) is 1. The lowest BCUT2D eigenvalue weighted by atomic mass is 9.94. The lowest BCUT2D eigenvalue weighted by Gasteiger charge is -2.32. The molecule has 1 aromatic rings. The van der Waals surface area contributed by atoms with Crippen molar-refractivity contribution in [2.24, 2.45) is 5.92 Å². The Morgan fingerprint density at radius 2 is 2.00 bits per heavy atom. The number of amides is 1. The molecular weight excluding hydrogens is 270 g/mol. The molecule has 0 aliphatic carbocycles. The fraction of sp³-hybridized carbons (Fsp3) is 0.500. The predicted octanol–water partition coefficient (Wildman–Crippen LogP) is 2.12. The maximum Gasteiger partial charge on any atom is 0.308 e. The number of piperidine rings is 1. The van der Waals surface area contributed by atoms with Crippen molar-refractivity contribution < 1.29 is 19.4 Å². The Bertz CT molecular complexity index is 512. The molecule has 0 saturated carbocycles. The van der Waals surface area contributed by atoms with Gasteiger partial charge in [-0.1, -0.05) is 12.1 Å². The van der Waals surface area contributed by atoms with Gasteiger partial charge in [0.05, 0.1) is 18.9 Å². The zero-order valence-electron chi connectivity index (χ0n) is 12.4. The van der Waals surface area contributed by atoms with Gasteiger partial charge in [0, 0.05) is 13.1 Å². The highest BCUT2D eigenvalue weighted by Gasteiger charge is 2.30. The second-order valence-corrected chi connectivity index (χ2v) is 5.46. The van der Waals surface area contributed by atoms with Crippen molar-refractivity contribution in [2.45, 2.75) is 25.7 Å². The largest absolute Gasteiger partial charge is 0.497 e. The van der Waals surface area contributed by atoms with Gasteiger partial charge in [-0.15, -0.1) is 0 Å². The molecule has 2 atom stereocenters. The van der Waals surface area contributed by atoms with Crippen LogP contribution in [0.25, 0.3) is 0 Å². The molecule has 0 radical (unpaired) electrons. The fourth-order valence-corrected chi connectivity index (χ4v) is 2.69. The molecular formula is C16H21NO4. The molecule has 1 fully saturated rings. The molecule has 1 aromatic carbocycles. The second kappa shape index (κ2) is 6.61. The van der Waals surface area contributed by atoms with Crippen LogP contribution in [-0.2, 0) is 9.59 Å². The highest BCUT2D eigenvalue weighted by Crippen LogP contribution is 2.24. The van der Waals surface area contributed by atoms with E-state index in [-0.39, 0.29) is 11.8 Å². The first-order valence-corrected chi connectivity index (χ1v) is 7.18. The monoisotopic (exact) mass is 291 g/mol. The molecule has 1 heterocycles. The number of ether oxygens (including phenoxy) is 1. The van der Waals surface area contributed by atoms with E-state index < -0.39 is 11.9 Å². The molecule has 1 aliphatic heterocycles. The summed E-state index contributed by atoms with van der Waals surface area (Å²) in [5.74, 6) is -0.785. The van der Waals surface area contributed by atoms with Gasteiger partial charge in [0.15, 0.2) is 0 Å². The minimum absolute atomic E-state index is 0.00823. The fourth-order valence-electron chi connectivity index (χ4n) is 2.69. The van der Waals surface area contributed by atoms with E-state index in [1.165, 1.54) is 0 Å². The minimum atomic E-state index is -0.815. The number of carbonyl (C=O) groups excluding carboxylic acids is 1. The molecule has 2 rings (SSSR count). The van der Waals surface area contributed by atoms with Gasteiger partial charge in [-0.05, 0) is 37.5 Å². The zero-order valence-corrected chi connectivity index (χ0v) is 12.4. The van der Waals surface area contributed by atoms with Crippen LogP contribution >= 0.6 is 0 Å². The Morgan fingerprint density at radius 1 is 1.33 bits per heavy atom. The van der Waals surface area contributed by atoms with Crippen molar-refractivity contribution in [3.63, 3.8) is 0 Å². The van der Waals surface area contributed by atoms with E-state index in [1.807, 2.05) is 31.2 Å². The van der Waals surface area contributed by atoms with Crippen LogP contribution in [-0.4, -0.2) is 42.1 Å². The Kier molecular flexibility index (Phi) is 4.83. The summed E-state index contributed by atoms with van der Waals surface area (Å²) >= 11 is 0. The summed E-state index contributed by atoms with van der Waals surface area (Å²) in [6.07, 6.45) is 1.40. The van der Waals surface area contributed by atoms with Crippen LogP contribution in [0.5, 0.6) is 5.75 Å². The van der Waals surface area contributed by atoms with E-state index >= 15 is 0 Å².